The van der Waals surface area contributed by atoms with Gasteiger partial charge < -0.3 is 9.88 Å². The monoisotopic (exact) mass is 337 g/mol. The van der Waals surface area contributed by atoms with Crippen LogP contribution in [0.15, 0.2) is 35.9 Å². The molecule has 2 aliphatic rings. The lowest BCUT2D eigenvalue weighted by Gasteiger charge is -2.43. The van der Waals surface area contributed by atoms with Crippen LogP contribution in [0.25, 0.3) is 10.9 Å². The Morgan fingerprint density at radius 3 is 2.92 bits per heavy atom. The largest absolute Gasteiger partial charge is 0.357 e. The van der Waals surface area contributed by atoms with Crippen LogP contribution in [0.5, 0.6) is 0 Å². The number of piperidine rings is 1. The molecule has 4 rings (SSSR count). The normalized spacial score (nSPS) is 25.0. The van der Waals surface area contributed by atoms with Gasteiger partial charge in [0.1, 0.15) is 0 Å². The minimum absolute atomic E-state index is 0.227. The number of rotatable bonds is 2. The van der Waals surface area contributed by atoms with E-state index in [1.54, 1.807) is 4.90 Å². The third-order valence-electron chi connectivity index (χ3n) is 5.98. The standard InChI is InChI=1S/C21H27N3O/c1-4-14-13-24-10-9-17-16-7-5-6-8-18(16)22-21(17)19(24)11-15(14)12-20(25)23(2)3/h4-8,15,19,22H,9-13H2,1-3H3. The second-order valence-electron chi connectivity index (χ2n) is 7.59. The predicted molar refractivity (Wildman–Crippen MR) is 101 cm³/mol. The van der Waals surface area contributed by atoms with E-state index in [4.69, 9.17) is 0 Å². The van der Waals surface area contributed by atoms with Crippen LogP contribution in [0.4, 0.5) is 0 Å². The molecule has 1 aromatic carbocycles. The number of para-hydroxylation sites is 1. The molecule has 4 heteroatoms. The minimum Gasteiger partial charge on any atom is -0.357 e. The van der Waals surface area contributed by atoms with Gasteiger partial charge in [-0.15, -0.1) is 0 Å². The van der Waals surface area contributed by atoms with E-state index in [0.29, 0.717) is 18.4 Å². The summed E-state index contributed by atoms with van der Waals surface area (Å²) in [5.41, 5.74) is 5.53. The first-order valence-electron chi connectivity index (χ1n) is 9.27. The number of allylic oxidation sites excluding steroid dienone is 1. The van der Waals surface area contributed by atoms with Gasteiger partial charge in [0, 0.05) is 50.2 Å². The minimum atomic E-state index is 0.227. The third kappa shape index (κ3) is 2.78. The van der Waals surface area contributed by atoms with E-state index in [2.05, 4.69) is 47.1 Å². The lowest BCUT2D eigenvalue weighted by Crippen LogP contribution is -2.43. The average Bonchev–Trinajstić information content (AvgIpc) is 3.00. The number of fused-ring (bicyclic) bond motifs is 5. The Balaban J connectivity index is 1.67. The highest BCUT2D eigenvalue weighted by atomic mass is 16.2. The number of hydrogen-bond acceptors (Lipinski definition) is 2. The molecule has 3 heterocycles. The number of amides is 1. The summed E-state index contributed by atoms with van der Waals surface area (Å²) in [5.74, 6) is 0.573. The molecule has 1 fully saturated rings. The van der Waals surface area contributed by atoms with Crippen LogP contribution in [0, 0.1) is 5.92 Å². The molecule has 1 aromatic heterocycles. The van der Waals surface area contributed by atoms with Crippen molar-refractivity contribution in [1.82, 2.24) is 14.8 Å². The molecule has 1 N–H and O–H groups in total. The molecule has 0 radical (unpaired) electrons. The van der Waals surface area contributed by atoms with Crippen LogP contribution in [-0.2, 0) is 11.2 Å². The third-order valence-corrected chi connectivity index (χ3v) is 5.98. The van der Waals surface area contributed by atoms with Crippen LogP contribution < -0.4 is 0 Å². The summed E-state index contributed by atoms with van der Waals surface area (Å²) in [6, 6.07) is 9.03. The molecule has 132 valence electrons. The topological polar surface area (TPSA) is 39.3 Å². The Labute approximate surface area is 149 Å². The number of hydrogen-bond donors (Lipinski definition) is 1. The highest BCUT2D eigenvalue weighted by molar-refractivity contribution is 5.85. The number of H-pyrrole nitrogens is 1. The smallest absolute Gasteiger partial charge is 0.222 e. The van der Waals surface area contributed by atoms with Gasteiger partial charge in [0.25, 0.3) is 0 Å². The van der Waals surface area contributed by atoms with Crippen molar-refractivity contribution in [2.75, 3.05) is 27.2 Å². The Morgan fingerprint density at radius 1 is 1.36 bits per heavy atom. The number of aromatic nitrogens is 1. The van der Waals surface area contributed by atoms with E-state index >= 15 is 0 Å². The van der Waals surface area contributed by atoms with E-state index < -0.39 is 0 Å². The fourth-order valence-electron chi connectivity index (χ4n) is 4.54. The maximum atomic E-state index is 12.3. The Morgan fingerprint density at radius 2 is 2.16 bits per heavy atom. The first kappa shape index (κ1) is 16.4. The summed E-state index contributed by atoms with van der Waals surface area (Å²) in [5, 5.41) is 1.37. The molecule has 0 bridgehead atoms. The number of carbonyl (C=O) groups is 1. The number of benzene rings is 1. The van der Waals surface area contributed by atoms with Crippen LogP contribution in [0.1, 0.15) is 37.1 Å². The van der Waals surface area contributed by atoms with Crippen molar-refractivity contribution in [3.05, 3.63) is 47.2 Å². The predicted octanol–water partition coefficient (Wildman–Crippen LogP) is 3.51. The van der Waals surface area contributed by atoms with Crippen molar-refractivity contribution >= 4 is 16.8 Å². The van der Waals surface area contributed by atoms with Crippen molar-refractivity contribution < 1.29 is 4.79 Å². The Kier molecular flexibility index (Phi) is 4.16. The van der Waals surface area contributed by atoms with Gasteiger partial charge in [-0.3, -0.25) is 9.69 Å². The van der Waals surface area contributed by atoms with Gasteiger partial charge in [-0.2, -0.15) is 0 Å². The molecule has 1 saturated heterocycles. The van der Waals surface area contributed by atoms with Crippen LogP contribution in [0.2, 0.25) is 0 Å². The van der Waals surface area contributed by atoms with E-state index in [0.717, 1.165) is 25.9 Å². The lowest BCUT2D eigenvalue weighted by atomic mass is 9.80. The van der Waals surface area contributed by atoms with Crippen molar-refractivity contribution in [3.8, 4) is 0 Å². The van der Waals surface area contributed by atoms with Crippen molar-refractivity contribution in [1.29, 1.82) is 0 Å². The van der Waals surface area contributed by atoms with Crippen LogP contribution >= 0.6 is 0 Å². The molecular weight excluding hydrogens is 310 g/mol. The average molecular weight is 337 g/mol. The molecule has 2 aliphatic heterocycles. The highest BCUT2D eigenvalue weighted by Crippen LogP contribution is 2.43. The summed E-state index contributed by atoms with van der Waals surface area (Å²) < 4.78 is 0. The van der Waals surface area contributed by atoms with E-state index in [1.165, 1.54) is 27.7 Å². The zero-order valence-electron chi connectivity index (χ0n) is 15.4. The van der Waals surface area contributed by atoms with Gasteiger partial charge >= 0.3 is 0 Å². The molecule has 0 spiro atoms. The second kappa shape index (κ2) is 6.34. The van der Waals surface area contributed by atoms with E-state index in [-0.39, 0.29) is 5.91 Å². The van der Waals surface area contributed by atoms with Crippen molar-refractivity contribution in [2.24, 2.45) is 5.92 Å². The molecule has 4 nitrogen and oxygen atoms in total. The Hall–Kier alpha value is -2.07. The lowest BCUT2D eigenvalue weighted by molar-refractivity contribution is -0.129. The van der Waals surface area contributed by atoms with Gasteiger partial charge in [-0.25, -0.2) is 0 Å². The highest BCUT2D eigenvalue weighted by Gasteiger charge is 2.38. The van der Waals surface area contributed by atoms with Gasteiger partial charge in [0.15, 0.2) is 0 Å². The molecule has 2 unspecified atom stereocenters. The van der Waals surface area contributed by atoms with Crippen molar-refractivity contribution in [3.63, 3.8) is 0 Å². The van der Waals surface area contributed by atoms with Crippen LogP contribution in [-0.4, -0.2) is 47.9 Å². The number of aromatic amines is 1. The summed E-state index contributed by atoms with van der Waals surface area (Å²) in [6.45, 7) is 4.20. The molecular formula is C21H27N3O. The molecule has 0 saturated carbocycles. The maximum absolute atomic E-state index is 12.3. The van der Waals surface area contributed by atoms with Gasteiger partial charge in [0.05, 0.1) is 6.04 Å². The SMILES string of the molecule is CC=C1CN2CCc3c([nH]c4ccccc34)C2CC1CC(=O)N(C)C. The molecule has 2 aromatic rings. The van der Waals surface area contributed by atoms with Gasteiger partial charge in [0.2, 0.25) is 5.91 Å². The molecule has 2 atom stereocenters. The molecule has 0 aliphatic carbocycles. The Bertz CT molecular complexity index is 833. The summed E-state index contributed by atoms with van der Waals surface area (Å²) >= 11 is 0. The van der Waals surface area contributed by atoms with Gasteiger partial charge in [-0.05, 0) is 37.3 Å². The zero-order valence-corrected chi connectivity index (χ0v) is 15.4. The maximum Gasteiger partial charge on any atom is 0.222 e. The summed E-state index contributed by atoms with van der Waals surface area (Å²) in [6.07, 6.45) is 4.98. The van der Waals surface area contributed by atoms with Gasteiger partial charge in [-0.1, -0.05) is 29.8 Å². The number of nitrogens with one attached hydrogen (secondary N) is 1. The quantitative estimate of drug-likeness (QED) is 0.852. The first-order chi connectivity index (χ1) is 12.1. The first-order valence-corrected chi connectivity index (χ1v) is 9.27. The fraction of sp³-hybridized carbons (Fsp3) is 0.476. The number of nitrogens with zero attached hydrogens (tertiary/aromatic N) is 2. The molecule has 25 heavy (non-hydrogen) atoms. The van der Waals surface area contributed by atoms with E-state index in [1.807, 2.05) is 14.1 Å². The molecule has 1 amide bonds. The zero-order chi connectivity index (χ0) is 17.6. The fourth-order valence-corrected chi connectivity index (χ4v) is 4.54. The van der Waals surface area contributed by atoms with Crippen molar-refractivity contribution in [2.45, 2.75) is 32.2 Å². The van der Waals surface area contributed by atoms with E-state index in [9.17, 15) is 4.79 Å². The second-order valence-corrected chi connectivity index (χ2v) is 7.59. The number of carbonyl (C=O) groups excluding carboxylic acids is 1. The summed E-state index contributed by atoms with van der Waals surface area (Å²) in [7, 11) is 3.70. The summed E-state index contributed by atoms with van der Waals surface area (Å²) in [4.78, 5) is 20.3. The van der Waals surface area contributed by atoms with Crippen LogP contribution in [0.3, 0.4) is 0 Å².